The molecule has 1 aromatic carbocycles. The summed E-state index contributed by atoms with van der Waals surface area (Å²) in [7, 11) is 3.75. The molecule has 7 nitrogen and oxygen atoms in total. The molecule has 0 atom stereocenters. The Bertz CT molecular complexity index is 869. The van der Waals surface area contributed by atoms with E-state index in [1.807, 2.05) is 31.4 Å². The van der Waals surface area contributed by atoms with E-state index in [1.54, 1.807) is 29.8 Å². The highest BCUT2D eigenvalue weighted by molar-refractivity contribution is 5.94. The molecule has 156 valence electrons. The van der Waals surface area contributed by atoms with Crippen LogP contribution in [0.2, 0.25) is 0 Å². The quantitative estimate of drug-likeness (QED) is 0.782. The van der Waals surface area contributed by atoms with E-state index in [4.69, 9.17) is 0 Å². The lowest BCUT2D eigenvalue weighted by Crippen LogP contribution is -2.41. The third-order valence-corrected chi connectivity index (χ3v) is 5.74. The molecule has 0 spiro atoms. The van der Waals surface area contributed by atoms with Gasteiger partial charge < -0.3 is 15.3 Å². The van der Waals surface area contributed by atoms with Crippen molar-refractivity contribution >= 4 is 11.8 Å². The van der Waals surface area contributed by atoms with Crippen molar-refractivity contribution in [1.29, 1.82) is 0 Å². The first-order valence-electron chi connectivity index (χ1n) is 10.2. The molecular weight excluding hydrogens is 368 g/mol. The van der Waals surface area contributed by atoms with Crippen molar-refractivity contribution in [2.45, 2.75) is 45.1 Å². The lowest BCUT2D eigenvalue weighted by atomic mass is 9.85. The molecule has 0 unspecified atom stereocenters. The molecule has 0 radical (unpaired) electrons. The second kappa shape index (κ2) is 9.11. The van der Waals surface area contributed by atoms with E-state index in [0.29, 0.717) is 17.7 Å². The molecule has 0 saturated heterocycles. The van der Waals surface area contributed by atoms with Gasteiger partial charge in [-0.1, -0.05) is 0 Å². The van der Waals surface area contributed by atoms with Crippen LogP contribution in [-0.4, -0.2) is 51.2 Å². The summed E-state index contributed by atoms with van der Waals surface area (Å²) in [5, 5.41) is 16.8. The predicted octanol–water partition coefficient (Wildman–Crippen LogP) is 2.42. The van der Waals surface area contributed by atoms with Crippen LogP contribution in [0.5, 0.6) is 5.75 Å². The number of nitrogens with zero attached hydrogens (tertiary/aromatic N) is 3. The molecule has 1 fully saturated rings. The Morgan fingerprint density at radius 3 is 2.62 bits per heavy atom. The normalized spacial score (nSPS) is 19.0. The Morgan fingerprint density at radius 1 is 1.28 bits per heavy atom. The molecule has 0 bridgehead atoms. The van der Waals surface area contributed by atoms with Crippen LogP contribution < -0.4 is 5.32 Å². The van der Waals surface area contributed by atoms with Crippen molar-refractivity contribution in [3.8, 4) is 5.75 Å². The van der Waals surface area contributed by atoms with Gasteiger partial charge in [0.25, 0.3) is 5.91 Å². The van der Waals surface area contributed by atoms with Gasteiger partial charge in [0.15, 0.2) is 0 Å². The summed E-state index contributed by atoms with van der Waals surface area (Å²) in [4.78, 5) is 27.0. The fourth-order valence-electron chi connectivity index (χ4n) is 3.87. The summed E-state index contributed by atoms with van der Waals surface area (Å²) < 4.78 is 1.77. The highest BCUT2D eigenvalue weighted by atomic mass is 16.3. The molecule has 0 aliphatic heterocycles. The van der Waals surface area contributed by atoms with Crippen LogP contribution in [0.25, 0.3) is 0 Å². The van der Waals surface area contributed by atoms with Crippen molar-refractivity contribution in [3.05, 3.63) is 47.3 Å². The number of aromatic hydroxyl groups is 1. The molecule has 1 saturated carbocycles. The zero-order valence-corrected chi connectivity index (χ0v) is 17.4. The largest absolute Gasteiger partial charge is 0.508 e. The van der Waals surface area contributed by atoms with Crippen LogP contribution in [0.1, 0.15) is 47.2 Å². The maximum atomic E-state index is 12.7. The fraction of sp³-hybridized carbons (Fsp3) is 0.500. The lowest BCUT2D eigenvalue weighted by molar-refractivity contribution is -0.135. The lowest BCUT2D eigenvalue weighted by Gasteiger charge is -2.31. The van der Waals surface area contributed by atoms with E-state index in [0.717, 1.165) is 37.7 Å². The summed E-state index contributed by atoms with van der Waals surface area (Å²) in [6.07, 6.45) is 7.79. The van der Waals surface area contributed by atoms with E-state index in [-0.39, 0.29) is 29.5 Å². The monoisotopic (exact) mass is 398 g/mol. The van der Waals surface area contributed by atoms with Gasteiger partial charge in [-0.05, 0) is 68.4 Å². The molecule has 1 aliphatic carbocycles. The van der Waals surface area contributed by atoms with Crippen LogP contribution in [-0.2, 0) is 18.3 Å². The molecule has 3 rings (SSSR count). The van der Waals surface area contributed by atoms with Gasteiger partial charge in [0.1, 0.15) is 5.75 Å². The Balaban J connectivity index is 1.44. The maximum Gasteiger partial charge on any atom is 0.251 e. The molecule has 29 heavy (non-hydrogen) atoms. The fourth-order valence-corrected chi connectivity index (χ4v) is 3.87. The number of aryl methyl sites for hydroxylation is 2. The number of phenols is 1. The number of benzene rings is 1. The summed E-state index contributed by atoms with van der Waals surface area (Å²) >= 11 is 0. The zero-order chi connectivity index (χ0) is 21.0. The number of carbonyl (C=O) groups is 2. The summed E-state index contributed by atoms with van der Waals surface area (Å²) in [5.41, 5.74) is 2.36. The molecule has 7 heteroatoms. The highest BCUT2D eigenvalue weighted by Crippen LogP contribution is 2.26. The molecule has 2 amide bonds. The number of carbonyl (C=O) groups excluding carboxylic acids is 2. The van der Waals surface area contributed by atoms with E-state index < -0.39 is 0 Å². The second-order valence-electron chi connectivity index (χ2n) is 8.06. The van der Waals surface area contributed by atoms with Gasteiger partial charge >= 0.3 is 0 Å². The van der Waals surface area contributed by atoms with Crippen LogP contribution >= 0.6 is 0 Å². The van der Waals surface area contributed by atoms with E-state index in [2.05, 4.69) is 10.4 Å². The minimum atomic E-state index is -0.128. The number of hydrogen-bond donors (Lipinski definition) is 2. The highest BCUT2D eigenvalue weighted by Gasteiger charge is 2.29. The topological polar surface area (TPSA) is 87.5 Å². The number of hydrogen-bond acceptors (Lipinski definition) is 4. The minimum Gasteiger partial charge on any atom is -0.508 e. The van der Waals surface area contributed by atoms with Crippen LogP contribution in [0.4, 0.5) is 0 Å². The summed E-state index contributed by atoms with van der Waals surface area (Å²) in [5.74, 6) is 0.274. The minimum absolute atomic E-state index is 0.0259. The van der Waals surface area contributed by atoms with Crippen molar-refractivity contribution in [2.75, 3.05) is 13.6 Å². The van der Waals surface area contributed by atoms with E-state index in [9.17, 15) is 14.7 Å². The van der Waals surface area contributed by atoms with Gasteiger partial charge in [0.05, 0.1) is 6.20 Å². The molecule has 2 aromatic rings. The number of phenolic OH excluding ortho intramolecular Hbond substituents is 1. The zero-order valence-electron chi connectivity index (χ0n) is 17.4. The molecule has 1 aromatic heterocycles. The number of likely N-dealkylation sites (N-methyl/N-ethyl adjacent to an activating group) is 1. The number of nitrogens with one attached hydrogen (secondary N) is 1. The average molecular weight is 399 g/mol. The van der Waals surface area contributed by atoms with Gasteiger partial charge in [0.2, 0.25) is 5.91 Å². The van der Waals surface area contributed by atoms with Crippen molar-refractivity contribution in [3.63, 3.8) is 0 Å². The van der Waals surface area contributed by atoms with Crippen LogP contribution in [0.15, 0.2) is 30.6 Å². The first kappa shape index (κ1) is 20.9. The molecule has 1 aliphatic rings. The summed E-state index contributed by atoms with van der Waals surface area (Å²) in [6.45, 7) is 2.45. The number of amides is 2. The third kappa shape index (κ3) is 5.37. The molecule has 2 N–H and O–H groups in total. The third-order valence-electron chi connectivity index (χ3n) is 5.74. The van der Waals surface area contributed by atoms with Gasteiger partial charge in [-0.2, -0.15) is 5.10 Å². The van der Waals surface area contributed by atoms with Gasteiger partial charge in [-0.25, -0.2) is 0 Å². The van der Waals surface area contributed by atoms with Gasteiger partial charge in [-0.15, -0.1) is 0 Å². The standard InChI is InChI=1S/C22H30N4O3/c1-15-12-18(6-9-20(15)27)21(28)24-19-7-4-17(5-8-19)22(29)25(2)11-10-16-13-23-26(3)14-16/h6,9,12-14,17,19,27H,4-5,7-8,10-11H2,1-3H3,(H,24,28). The van der Waals surface area contributed by atoms with E-state index >= 15 is 0 Å². The average Bonchev–Trinajstić information content (AvgIpc) is 3.13. The second-order valence-corrected chi connectivity index (χ2v) is 8.06. The van der Waals surface area contributed by atoms with Crippen LogP contribution in [0.3, 0.4) is 0 Å². The predicted molar refractivity (Wildman–Crippen MR) is 111 cm³/mol. The SMILES string of the molecule is Cc1cc(C(=O)NC2CCC(C(=O)N(C)CCc3cnn(C)c3)CC2)ccc1O. The Hall–Kier alpha value is -2.83. The Kier molecular flexibility index (Phi) is 6.56. The Labute approximate surface area is 171 Å². The summed E-state index contributed by atoms with van der Waals surface area (Å²) in [6, 6.07) is 4.95. The first-order valence-corrected chi connectivity index (χ1v) is 10.2. The first-order chi connectivity index (χ1) is 13.8. The molecular formula is C22H30N4O3. The van der Waals surface area contributed by atoms with Crippen LogP contribution in [0, 0.1) is 12.8 Å². The van der Waals surface area contributed by atoms with Gasteiger partial charge in [0, 0.05) is 44.4 Å². The van der Waals surface area contributed by atoms with Crippen molar-refractivity contribution < 1.29 is 14.7 Å². The number of rotatable bonds is 6. The van der Waals surface area contributed by atoms with E-state index in [1.165, 1.54) is 0 Å². The van der Waals surface area contributed by atoms with Crippen molar-refractivity contribution in [1.82, 2.24) is 20.0 Å². The Morgan fingerprint density at radius 2 is 2.00 bits per heavy atom. The van der Waals surface area contributed by atoms with Crippen molar-refractivity contribution in [2.24, 2.45) is 13.0 Å². The maximum absolute atomic E-state index is 12.7. The number of aromatic nitrogens is 2. The van der Waals surface area contributed by atoms with Gasteiger partial charge in [-0.3, -0.25) is 14.3 Å². The molecule has 1 heterocycles. The smallest absolute Gasteiger partial charge is 0.251 e.